The van der Waals surface area contributed by atoms with E-state index in [4.69, 9.17) is 10.5 Å². The van der Waals surface area contributed by atoms with Gasteiger partial charge in [-0.15, -0.1) is 0 Å². The van der Waals surface area contributed by atoms with E-state index in [9.17, 15) is 4.79 Å². The van der Waals surface area contributed by atoms with E-state index in [1.807, 2.05) is 0 Å². The highest BCUT2D eigenvalue weighted by Crippen LogP contribution is 2.43. The molecule has 1 heterocycles. The van der Waals surface area contributed by atoms with E-state index in [2.05, 4.69) is 0 Å². The van der Waals surface area contributed by atoms with Gasteiger partial charge in [0, 0.05) is 0 Å². The minimum atomic E-state index is -0.291. The van der Waals surface area contributed by atoms with Crippen LogP contribution in [-0.4, -0.2) is 19.1 Å². The van der Waals surface area contributed by atoms with Crippen LogP contribution in [0.15, 0.2) is 0 Å². The van der Waals surface area contributed by atoms with Gasteiger partial charge in [-0.1, -0.05) is 19.3 Å². The maximum absolute atomic E-state index is 11.3. The molecule has 0 bridgehead atoms. The van der Waals surface area contributed by atoms with Gasteiger partial charge < -0.3 is 10.5 Å². The Balaban J connectivity index is 2.06. The van der Waals surface area contributed by atoms with E-state index >= 15 is 0 Å². The van der Waals surface area contributed by atoms with Crippen molar-refractivity contribution in [2.75, 3.05) is 13.2 Å². The van der Waals surface area contributed by atoms with E-state index in [0.29, 0.717) is 19.1 Å². The van der Waals surface area contributed by atoms with Gasteiger partial charge in [0.25, 0.3) is 0 Å². The first-order valence-electron chi connectivity index (χ1n) is 5.13. The number of primary amides is 1. The van der Waals surface area contributed by atoms with E-state index in [1.54, 1.807) is 0 Å². The lowest BCUT2D eigenvalue weighted by Crippen LogP contribution is -2.57. The quantitative estimate of drug-likeness (QED) is 0.696. The van der Waals surface area contributed by atoms with Crippen LogP contribution < -0.4 is 5.73 Å². The zero-order chi connectivity index (χ0) is 9.31. The predicted molar refractivity (Wildman–Crippen MR) is 49.0 cm³/mol. The number of rotatable bonds is 2. The largest absolute Gasteiger partial charge is 0.379 e. The van der Waals surface area contributed by atoms with Gasteiger partial charge in [-0.25, -0.2) is 0 Å². The molecule has 1 saturated carbocycles. The van der Waals surface area contributed by atoms with Crippen LogP contribution in [0.2, 0.25) is 0 Å². The van der Waals surface area contributed by atoms with Crippen molar-refractivity contribution >= 4 is 5.91 Å². The molecule has 3 nitrogen and oxygen atoms in total. The average Bonchev–Trinajstić information content (AvgIpc) is 2.03. The lowest BCUT2D eigenvalue weighted by molar-refractivity contribution is -0.174. The molecule has 1 saturated heterocycles. The molecule has 2 N–H and O–H groups in total. The molecule has 0 atom stereocenters. The van der Waals surface area contributed by atoms with Gasteiger partial charge in [-0.3, -0.25) is 4.79 Å². The van der Waals surface area contributed by atoms with Crippen molar-refractivity contribution in [3.63, 3.8) is 0 Å². The molecule has 0 aromatic rings. The number of hydrogen-bond acceptors (Lipinski definition) is 2. The third-order valence-corrected chi connectivity index (χ3v) is 3.60. The van der Waals surface area contributed by atoms with Gasteiger partial charge in [-0.05, 0) is 18.8 Å². The minimum Gasteiger partial charge on any atom is -0.379 e. The molecule has 74 valence electrons. The van der Waals surface area contributed by atoms with Crippen LogP contribution in [0, 0.1) is 11.3 Å². The minimum absolute atomic E-state index is 0.148. The molecule has 2 fully saturated rings. The van der Waals surface area contributed by atoms with Gasteiger partial charge in [0.2, 0.25) is 5.91 Å². The molecule has 0 aromatic carbocycles. The number of nitrogens with two attached hydrogens (primary N) is 1. The van der Waals surface area contributed by atoms with Crippen molar-refractivity contribution in [2.45, 2.75) is 32.1 Å². The summed E-state index contributed by atoms with van der Waals surface area (Å²) in [5.74, 6) is 0.346. The Hall–Kier alpha value is -0.570. The number of hydrogen-bond donors (Lipinski definition) is 1. The Morgan fingerprint density at radius 2 is 1.85 bits per heavy atom. The maximum atomic E-state index is 11.3. The first-order chi connectivity index (χ1) is 6.26. The third kappa shape index (κ3) is 1.35. The standard InChI is InChI=1S/C10H17NO2/c11-9(12)10(6-13-7-10)8-4-2-1-3-5-8/h8H,1-7H2,(H2,11,12). The molecule has 13 heavy (non-hydrogen) atoms. The Morgan fingerprint density at radius 3 is 2.23 bits per heavy atom. The highest BCUT2D eigenvalue weighted by atomic mass is 16.5. The Labute approximate surface area is 78.6 Å². The SMILES string of the molecule is NC(=O)C1(C2CCCCC2)COC1. The number of ether oxygens (including phenoxy) is 1. The molecular formula is C10H17NO2. The van der Waals surface area contributed by atoms with Crippen molar-refractivity contribution in [3.05, 3.63) is 0 Å². The lowest BCUT2D eigenvalue weighted by Gasteiger charge is -2.46. The van der Waals surface area contributed by atoms with Crippen molar-refractivity contribution in [3.8, 4) is 0 Å². The second kappa shape index (κ2) is 3.29. The fourth-order valence-corrected chi connectivity index (χ4v) is 2.56. The fraction of sp³-hybridized carbons (Fsp3) is 0.900. The van der Waals surface area contributed by atoms with Crippen molar-refractivity contribution in [1.29, 1.82) is 0 Å². The molecule has 0 radical (unpaired) electrons. The molecule has 1 aliphatic carbocycles. The summed E-state index contributed by atoms with van der Waals surface area (Å²) in [5, 5.41) is 0. The summed E-state index contributed by atoms with van der Waals surface area (Å²) in [4.78, 5) is 11.3. The molecule has 2 aliphatic rings. The summed E-state index contributed by atoms with van der Waals surface area (Å²) in [5.41, 5.74) is 5.15. The van der Waals surface area contributed by atoms with Crippen LogP contribution in [0.1, 0.15) is 32.1 Å². The van der Waals surface area contributed by atoms with Gasteiger partial charge >= 0.3 is 0 Å². The molecule has 2 rings (SSSR count). The molecule has 0 aromatic heterocycles. The highest BCUT2D eigenvalue weighted by Gasteiger charge is 2.50. The van der Waals surface area contributed by atoms with E-state index in [-0.39, 0.29) is 11.3 Å². The first-order valence-corrected chi connectivity index (χ1v) is 5.13. The predicted octanol–water partition coefficient (Wildman–Crippen LogP) is 1.07. The summed E-state index contributed by atoms with van der Waals surface area (Å²) in [6.45, 7) is 1.12. The van der Waals surface area contributed by atoms with Crippen LogP contribution in [0.4, 0.5) is 0 Å². The smallest absolute Gasteiger partial charge is 0.228 e. The molecule has 0 spiro atoms. The van der Waals surface area contributed by atoms with E-state index < -0.39 is 0 Å². The highest BCUT2D eigenvalue weighted by molar-refractivity contribution is 5.82. The number of carbonyl (C=O) groups excluding carboxylic acids is 1. The zero-order valence-corrected chi connectivity index (χ0v) is 7.92. The van der Waals surface area contributed by atoms with Gasteiger partial charge in [0.05, 0.1) is 18.6 Å². The summed E-state index contributed by atoms with van der Waals surface area (Å²) in [7, 11) is 0. The first kappa shape index (κ1) is 9.00. The van der Waals surface area contributed by atoms with Gasteiger partial charge in [0.15, 0.2) is 0 Å². The van der Waals surface area contributed by atoms with Crippen LogP contribution in [0.5, 0.6) is 0 Å². The monoisotopic (exact) mass is 183 g/mol. The lowest BCUT2D eigenvalue weighted by atomic mass is 9.67. The van der Waals surface area contributed by atoms with E-state index in [0.717, 1.165) is 12.8 Å². The average molecular weight is 183 g/mol. The van der Waals surface area contributed by atoms with Crippen LogP contribution in [0.25, 0.3) is 0 Å². The van der Waals surface area contributed by atoms with Crippen LogP contribution >= 0.6 is 0 Å². The number of carbonyl (C=O) groups is 1. The van der Waals surface area contributed by atoms with E-state index in [1.165, 1.54) is 19.3 Å². The Morgan fingerprint density at radius 1 is 1.23 bits per heavy atom. The van der Waals surface area contributed by atoms with Crippen molar-refractivity contribution in [1.82, 2.24) is 0 Å². The van der Waals surface area contributed by atoms with Crippen molar-refractivity contribution < 1.29 is 9.53 Å². The summed E-state index contributed by atoms with van der Waals surface area (Å²) in [6.07, 6.45) is 6.13. The van der Waals surface area contributed by atoms with Crippen molar-refractivity contribution in [2.24, 2.45) is 17.1 Å². The third-order valence-electron chi connectivity index (χ3n) is 3.60. The fourth-order valence-electron chi connectivity index (χ4n) is 2.56. The molecule has 1 aliphatic heterocycles. The van der Waals surface area contributed by atoms with Gasteiger partial charge in [0.1, 0.15) is 0 Å². The van der Waals surface area contributed by atoms with Gasteiger partial charge in [-0.2, -0.15) is 0 Å². The van der Waals surface area contributed by atoms with Crippen LogP contribution in [0.3, 0.4) is 0 Å². The second-order valence-electron chi connectivity index (χ2n) is 4.35. The second-order valence-corrected chi connectivity index (χ2v) is 4.35. The Bertz CT molecular complexity index is 205. The maximum Gasteiger partial charge on any atom is 0.228 e. The Kier molecular flexibility index (Phi) is 2.28. The molecule has 0 unspecified atom stereocenters. The molecule has 3 heteroatoms. The summed E-state index contributed by atoms with van der Waals surface area (Å²) in [6, 6.07) is 0. The molecule has 1 amide bonds. The summed E-state index contributed by atoms with van der Waals surface area (Å²) >= 11 is 0. The van der Waals surface area contributed by atoms with Crippen LogP contribution in [-0.2, 0) is 9.53 Å². The topological polar surface area (TPSA) is 52.3 Å². The summed E-state index contributed by atoms with van der Waals surface area (Å²) < 4.78 is 5.15. The zero-order valence-electron chi connectivity index (χ0n) is 7.92. The molecular weight excluding hydrogens is 166 g/mol. The number of amides is 1. The normalized spacial score (nSPS) is 28.0.